The van der Waals surface area contributed by atoms with Crippen LogP contribution < -0.4 is 31.9 Å². The summed E-state index contributed by atoms with van der Waals surface area (Å²) in [6, 6.07) is 34.8. The summed E-state index contributed by atoms with van der Waals surface area (Å²) in [4.78, 5) is 81.1. The van der Waals surface area contributed by atoms with Crippen LogP contribution in [0.25, 0.3) is 0 Å². The lowest BCUT2D eigenvalue weighted by atomic mass is 9.86. The summed E-state index contributed by atoms with van der Waals surface area (Å²) in [5.41, 5.74) is -5.21. The number of ether oxygens (including phenoxy) is 1. The van der Waals surface area contributed by atoms with Crippen LogP contribution in [0.4, 0.5) is 4.79 Å². The van der Waals surface area contributed by atoms with Crippen LogP contribution in [0.15, 0.2) is 121 Å². The second kappa shape index (κ2) is 19.7. The zero-order chi connectivity index (χ0) is 45.1. The van der Waals surface area contributed by atoms with Crippen LogP contribution in [0.3, 0.4) is 0 Å². The van der Waals surface area contributed by atoms with Crippen molar-refractivity contribution < 1.29 is 38.6 Å². The van der Waals surface area contributed by atoms with Gasteiger partial charge < -0.3 is 41.7 Å². The van der Waals surface area contributed by atoms with Crippen molar-refractivity contribution in [3.63, 3.8) is 0 Å². The Bertz CT molecular complexity index is 2100. The van der Waals surface area contributed by atoms with Crippen molar-refractivity contribution in [3.05, 3.63) is 144 Å². The first-order valence-electron chi connectivity index (χ1n) is 20.0. The van der Waals surface area contributed by atoms with Crippen LogP contribution >= 0.6 is 0 Å². The number of alkyl carbamates (subject to hydrolysis) is 1. The molecule has 0 unspecified atom stereocenters. The minimum atomic E-state index is -1.61. The topological polar surface area (TPSA) is 204 Å². The number of carbonyl (C=O) groups is 6. The van der Waals surface area contributed by atoms with Crippen molar-refractivity contribution >= 4 is 35.6 Å². The van der Waals surface area contributed by atoms with Crippen molar-refractivity contribution in [1.29, 1.82) is 0 Å². The van der Waals surface area contributed by atoms with Crippen molar-refractivity contribution in [2.45, 2.75) is 102 Å². The summed E-state index contributed by atoms with van der Waals surface area (Å²) in [7, 11) is 0. The van der Waals surface area contributed by atoms with Gasteiger partial charge in [-0.2, -0.15) is 0 Å². The molecule has 0 aliphatic carbocycles. The Morgan fingerprint density at radius 3 is 1.30 bits per heavy atom. The fraction of sp³-hybridized carbons (Fsp3) is 0.362. The predicted octanol–water partition coefficient (Wildman–Crippen LogP) is 4.16. The van der Waals surface area contributed by atoms with E-state index in [4.69, 9.17) is 4.74 Å². The summed E-state index contributed by atoms with van der Waals surface area (Å²) >= 11 is 0. The van der Waals surface area contributed by atoms with Crippen LogP contribution in [-0.4, -0.2) is 75.5 Å². The highest BCUT2D eigenvalue weighted by Crippen LogP contribution is 2.29. The molecule has 1 atom stereocenters. The number of hydrogen-bond acceptors (Lipinski definition) is 8. The maximum absolute atomic E-state index is 13.7. The van der Waals surface area contributed by atoms with Crippen LogP contribution in [0.5, 0.6) is 0 Å². The zero-order valence-electron chi connectivity index (χ0n) is 36.1. The molecule has 4 aromatic carbocycles. The summed E-state index contributed by atoms with van der Waals surface area (Å²) in [6.45, 7) is 11.5. The highest BCUT2D eigenvalue weighted by atomic mass is 16.5. The number of nitrogens with one attached hydrogen (secondary N) is 6. The molecule has 0 bridgehead atoms. The van der Waals surface area contributed by atoms with Gasteiger partial charge in [0.05, 0.1) is 6.54 Å². The maximum Gasteiger partial charge on any atom is 0.408 e. The standard InChI is InChI=1S/C47H58N6O8/c1-43(2,38(55)48-31-47(60,34-25-17-11-18-26-34)35-27-19-12-20-28-35)51-40(57)45(5,6)53-41(58)46(7,8)52-39(56)44(3,4)50-37(54)36(29-32-21-13-9-14-22-32)49-42(59)61-30-33-23-15-10-16-24-33/h9-28,36,60H,29-31H2,1-8H3,(H,48,55)(H,49,59)(H,50,54)(H,51,57)(H,52,56)(H,53,58)/t36-/m0/s1. The van der Waals surface area contributed by atoms with Crippen molar-refractivity contribution in [2.24, 2.45) is 0 Å². The molecule has 14 nitrogen and oxygen atoms in total. The molecule has 0 aromatic heterocycles. The second-order valence-electron chi connectivity index (χ2n) is 17.1. The van der Waals surface area contributed by atoms with Crippen molar-refractivity contribution in [2.75, 3.05) is 6.54 Å². The van der Waals surface area contributed by atoms with E-state index in [1.54, 1.807) is 84.9 Å². The molecule has 0 saturated carbocycles. The van der Waals surface area contributed by atoms with E-state index >= 15 is 0 Å². The fourth-order valence-electron chi connectivity index (χ4n) is 6.14. The zero-order valence-corrected chi connectivity index (χ0v) is 36.1. The van der Waals surface area contributed by atoms with Gasteiger partial charge in [0.1, 0.15) is 40.4 Å². The summed E-state index contributed by atoms with van der Waals surface area (Å²) in [6.07, 6.45) is -0.730. The molecule has 0 aliphatic heterocycles. The Balaban J connectivity index is 1.36. The first kappa shape index (κ1) is 47.1. The monoisotopic (exact) mass is 834 g/mol. The summed E-state index contributed by atoms with van der Waals surface area (Å²) in [5, 5.41) is 27.9. The van der Waals surface area contributed by atoms with Gasteiger partial charge in [0.15, 0.2) is 0 Å². The van der Waals surface area contributed by atoms with Crippen LogP contribution in [0, 0.1) is 0 Å². The normalized spacial score (nSPS) is 12.5. The van der Waals surface area contributed by atoms with Gasteiger partial charge in [0.2, 0.25) is 29.5 Å². The molecular weight excluding hydrogens is 777 g/mol. The average Bonchev–Trinajstić information content (AvgIpc) is 3.22. The number of aliphatic hydroxyl groups is 1. The average molecular weight is 835 g/mol. The lowest BCUT2D eigenvalue weighted by Gasteiger charge is -2.36. The van der Waals surface area contributed by atoms with E-state index in [1.165, 1.54) is 55.4 Å². The van der Waals surface area contributed by atoms with Crippen LogP contribution in [0.2, 0.25) is 0 Å². The first-order valence-corrected chi connectivity index (χ1v) is 20.0. The van der Waals surface area contributed by atoms with Crippen molar-refractivity contribution in [1.82, 2.24) is 31.9 Å². The molecule has 0 aliphatic rings. The molecule has 4 aromatic rings. The Morgan fingerprint density at radius 1 is 0.508 bits per heavy atom. The maximum atomic E-state index is 13.7. The molecule has 0 saturated heterocycles. The van der Waals surface area contributed by atoms with Crippen LogP contribution in [0.1, 0.15) is 77.6 Å². The molecule has 6 amide bonds. The largest absolute Gasteiger partial charge is 0.445 e. The Kier molecular flexibility index (Phi) is 15.2. The Hall–Kier alpha value is -6.54. The lowest BCUT2D eigenvalue weighted by molar-refractivity contribution is -0.141. The van der Waals surface area contributed by atoms with E-state index in [-0.39, 0.29) is 19.6 Å². The third kappa shape index (κ3) is 13.0. The van der Waals surface area contributed by atoms with Crippen LogP contribution in [-0.2, 0) is 47.3 Å². The highest BCUT2D eigenvalue weighted by Gasteiger charge is 2.43. The SMILES string of the molecule is CC(C)(NC(=O)[C@H](Cc1ccccc1)NC(=O)OCc1ccccc1)C(=O)NC(C)(C)C(=O)NC(C)(C)C(=O)NC(C)(C)C(=O)NCC(O)(c1ccccc1)c1ccccc1. The molecule has 7 N–H and O–H groups in total. The predicted molar refractivity (Wildman–Crippen MR) is 231 cm³/mol. The van der Waals surface area contributed by atoms with Gasteiger partial charge in [-0.05, 0) is 77.6 Å². The van der Waals surface area contributed by atoms with Gasteiger partial charge in [0.25, 0.3) is 0 Å². The highest BCUT2D eigenvalue weighted by molar-refractivity contribution is 6.00. The van der Waals surface area contributed by atoms with E-state index in [0.717, 1.165) is 11.1 Å². The molecule has 14 heteroatoms. The van der Waals surface area contributed by atoms with Gasteiger partial charge in [-0.3, -0.25) is 24.0 Å². The molecule has 0 radical (unpaired) electrons. The number of hydrogen-bond donors (Lipinski definition) is 7. The van der Waals surface area contributed by atoms with Gasteiger partial charge in [0, 0.05) is 6.42 Å². The van der Waals surface area contributed by atoms with Gasteiger partial charge >= 0.3 is 6.09 Å². The molecule has 4 rings (SSSR count). The molecular formula is C47H58N6O8. The van der Waals surface area contributed by atoms with E-state index in [2.05, 4.69) is 31.9 Å². The first-order chi connectivity index (χ1) is 28.6. The molecule has 61 heavy (non-hydrogen) atoms. The molecule has 0 fully saturated rings. The Morgan fingerprint density at radius 2 is 0.869 bits per heavy atom. The minimum absolute atomic E-state index is 0.0153. The van der Waals surface area contributed by atoms with E-state index in [9.17, 15) is 33.9 Å². The lowest BCUT2D eigenvalue weighted by Crippen LogP contribution is -2.68. The van der Waals surface area contributed by atoms with E-state index in [1.807, 2.05) is 36.4 Å². The molecule has 0 heterocycles. The third-order valence-corrected chi connectivity index (χ3v) is 10.1. The van der Waals surface area contributed by atoms with E-state index < -0.39 is 69.4 Å². The Labute approximate surface area is 357 Å². The number of carbonyl (C=O) groups excluding carboxylic acids is 6. The van der Waals surface area contributed by atoms with E-state index in [0.29, 0.717) is 11.1 Å². The number of benzene rings is 4. The smallest absolute Gasteiger partial charge is 0.408 e. The molecule has 324 valence electrons. The third-order valence-electron chi connectivity index (χ3n) is 10.1. The summed E-state index contributed by atoms with van der Waals surface area (Å²) < 4.78 is 5.35. The van der Waals surface area contributed by atoms with Gasteiger partial charge in [-0.25, -0.2) is 4.79 Å². The fourth-order valence-corrected chi connectivity index (χ4v) is 6.14. The number of amides is 6. The quantitative estimate of drug-likeness (QED) is 0.0774. The molecule has 0 spiro atoms. The second-order valence-corrected chi connectivity index (χ2v) is 17.1. The number of rotatable bonds is 18. The minimum Gasteiger partial charge on any atom is -0.445 e. The van der Waals surface area contributed by atoms with Crippen molar-refractivity contribution in [3.8, 4) is 0 Å². The van der Waals surface area contributed by atoms with Gasteiger partial charge in [-0.1, -0.05) is 121 Å². The van der Waals surface area contributed by atoms with Gasteiger partial charge in [-0.15, -0.1) is 0 Å². The summed E-state index contributed by atoms with van der Waals surface area (Å²) in [5.74, 6) is -3.41.